The molecule has 0 saturated carbocycles. The average Bonchev–Trinajstić information content (AvgIpc) is 0. The van der Waals surface area contributed by atoms with Gasteiger partial charge in [0.1, 0.15) is 0 Å². The van der Waals surface area contributed by atoms with Crippen molar-refractivity contribution in [3.05, 3.63) is 0 Å². The summed E-state index contributed by atoms with van der Waals surface area (Å²) in [4.78, 5) is 0. The summed E-state index contributed by atoms with van der Waals surface area (Å²) >= 11 is 0. The van der Waals surface area contributed by atoms with Crippen molar-refractivity contribution >= 4 is 0 Å². The number of halogens is 2. The van der Waals surface area contributed by atoms with Crippen molar-refractivity contribution in [2.75, 3.05) is 0 Å². The topological polar surface area (TPSA) is 0 Å². The summed E-state index contributed by atoms with van der Waals surface area (Å²) in [5.74, 6) is 0. The van der Waals surface area contributed by atoms with E-state index >= 15 is 0 Å². The molecule has 0 aromatic carbocycles. The van der Waals surface area contributed by atoms with Gasteiger partial charge in [-0.2, -0.15) is 0 Å². The van der Waals surface area contributed by atoms with E-state index in [1.165, 1.54) is 0 Å². The Bertz CT molecular complexity index is 6.00. The molecule has 0 atom stereocenters. The predicted molar refractivity (Wildman–Crippen MR) is 0 cm³/mol. The molecule has 0 amide bonds. The zero-order valence-corrected chi connectivity index (χ0v) is 13.7. The first-order chi connectivity index (χ1) is 0. The van der Waals surface area contributed by atoms with Crippen molar-refractivity contribution in [2.45, 2.75) is 0 Å². The Morgan fingerprint density at radius 2 is 0.750 bits per heavy atom. The van der Waals surface area contributed by atoms with Gasteiger partial charge in [-0.1, -0.05) is 0 Å². The fourth-order valence-electron chi connectivity index (χ4n) is 0. The maximum Gasteiger partial charge on any atom is 1.00 e. The molecule has 0 aliphatic heterocycles. The molecule has 0 N–H and O–H groups in total. The molecule has 0 aliphatic carbocycles. The van der Waals surface area contributed by atoms with E-state index in [1.807, 2.05) is 0 Å². The van der Waals surface area contributed by atoms with E-state index < -0.39 is 0 Å². The summed E-state index contributed by atoms with van der Waals surface area (Å²) in [6.07, 6.45) is 0. The Labute approximate surface area is 140 Å². The molecular formula is Cl2CsK. The van der Waals surface area contributed by atoms with Crippen molar-refractivity contribution in [3.8, 4) is 0 Å². The van der Waals surface area contributed by atoms with Crippen molar-refractivity contribution < 1.29 is 145 Å². The van der Waals surface area contributed by atoms with Crippen LogP contribution < -0.4 is 145 Å². The normalized spacial score (nSPS) is 0. The Morgan fingerprint density at radius 1 is 0.750 bits per heavy atom. The molecule has 0 fully saturated rings. The van der Waals surface area contributed by atoms with Crippen LogP contribution in [0.1, 0.15) is 0 Å². The van der Waals surface area contributed by atoms with E-state index in [0.717, 1.165) is 0 Å². The fourth-order valence-corrected chi connectivity index (χ4v) is 0. The standard InChI is InChI=1S/2ClH.Cs.K/h2*1H;;/q;;2*+1/p-2. The van der Waals surface area contributed by atoms with Gasteiger partial charge >= 0.3 is 120 Å². The SMILES string of the molecule is [Cl-].[Cl-].[Cs+].[K+]. The average molecular weight is 243 g/mol. The Morgan fingerprint density at radius 3 is 0.750 bits per heavy atom. The number of hydrogen-bond acceptors (Lipinski definition) is 0. The van der Waals surface area contributed by atoms with Gasteiger partial charge in [-0.05, 0) is 0 Å². The van der Waals surface area contributed by atoms with E-state index in [1.54, 1.807) is 0 Å². The molecule has 16 valence electrons. The Balaban J connectivity index is 0. The third kappa shape index (κ3) is 9.55. The molecule has 0 bridgehead atoms. The van der Waals surface area contributed by atoms with Crippen LogP contribution in [0.2, 0.25) is 0 Å². The van der Waals surface area contributed by atoms with Gasteiger partial charge in [-0.15, -0.1) is 0 Å². The Hall–Kier alpha value is 4.27. The van der Waals surface area contributed by atoms with Crippen LogP contribution in [0.3, 0.4) is 0 Å². The van der Waals surface area contributed by atoms with Crippen LogP contribution in [-0.2, 0) is 0 Å². The van der Waals surface area contributed by atoms with Gasteiger partial charge in [0.25, 0.3) is 0 Å². The minimum absolute atomic E-state index is 0. The fraction of sp³-hybridized carbons (Fsp3) is 0. The summed E-state index contributed by atoms with van der Waals surface area (Å²) in [6, 6.07) is 0. The van der Waals surface area contributed by atoms with Gasteiger partial charge in [0, 0.05) is 0 Å². The first-order valence-corrected chi connectivity index (χ1v) is 0. The van der Waals surface area contributed by atoms with E-state index in [2.05, 4.69) is 0 Å². The molecule has 0 heterocycles. The molecule has 0 unspecified atom stereocenters. The number of hydrogen-bond donors (Lipinski definition) is 0. The summed E-state index contributed by atoms with van der Waals surface area (Å²) in [7, 11) is 0. The maximum atomic E-state index is 0. The van der Waals surface area contributed by atoms with E-state index in [0.29, 0.717) is 0 Å². The molecule has 0 saturated heterocycles. The zero-order valence-electron chi connectivity index (χ0n) is 2.76. The molecule has 0 rings (SSSR count). The number of rotatable bonds is 0. The van der Waals surface area contributed by atoms with Crippen LogP contribution in [0.15, 0.2) is 0 Å². The van der Waals surface area contributed by atoms with Crippen LogP contribution in [0, 0.1) is 0 Å². The monoisotopic (exact) mass is 242 g/mol. The van der Waals surface area contributed by atoms with Gasteiger partial charge < -0.3 is 24.8 Å². The summed E-state index contributed by atoms with van der Waals surface area (Å²) < 4.78 is 0. The van der Waals surface area contributed by atoms with Gasteiger partial charge in [0.15, 0.2) is 0 Å². The summed E-state index contributed by atoms with van der Waals surface area (Å²) in [5.41, 5.74) is 0. The van der Waals surface area contributed by atoms with Crippen molar-refractivity contribution in [1.82, 2.24) is 0 Å². The molecule has 0 nitrogen and oxygen atoms in total. The molecule has 0 spiro atoms. The van der Waals surface area contributed by atoms with Crippen LogP contribution in [-0.4, -0.2) is 0 Å². The molecule has 0 radical (unpaired) electrons. The van der Waals surface area contributed by atoms with Gasteiger partial charge in [0.2, 0.25) is 0 Å². The van der Waals surface area contributed by atoms with Gasteiger partial charge in [0.05, 0.1) is 0 Å². The molecular weight excluding hydrogens is 243 g/mol. The van der Waals surface area contributed by atoms with Crippen LogP contribution in [0.4, 0.5) is 0 Å². The smallest absolute Gasteiger partial charge is 1.00 e. The second-order valence-corrected chi connectivity index (χ2v) is 0. The maximum absolute atomic E-state index is 0. The van der Waals surface area contributed by atoms with Gasteiger partial charge in [-0.3, -0.25) is 0 Å². The van der Waals surface area contributed by atoms with E-state index in [4.69, 9.17) is 0 Å². The first-order valence-electron chi connectivity index (χ1n) is 0. The summed E-state index contributed by atoms with van der Waals surface area (Å²) in [6.45, 7) is 0. The largest absolute Gasteiger partial charge is 1.00 e. The summed E-state index contributed by atoms with van der Waals surface area (Å²) in [5, 5.41) is 0. The zero-order chi connectivity index (χ0) is 0. The third-order valence-corrected chi connectivity index (χ3v) is 0. The first kappa shape index (κ1) is 24.0. The molecule has 4 heavy (non-hydrogen) atoms. The molecule has 0 aliphatic rings. The predicted octanol–water partition coefficient (Wildman–Crippen LogP) is -12.0. The van der Waals surface area contributed by atoms with E-state index in [-0.39, 0.29) is 145 Å². The third-order valence-electron chi connectivity index (χ3n) is 0. The van der Waals surface area contributed by atoms with Crippen molar-refractivity contribution in [1.29, 1.82) is 0 Å². The minimum Gasteiger partial charge on any atom is -1.00 e. The van der Waals surface area contributed by atoms with Crippen LogP contribution >= 0.6 is 0 Å². The minimum atomic E-state index is 0. The van der Waals surface area contributed by atoms with Gasteiger partial charge in [-0.25, -0.2) is 0 Å². The van der Waals surface area contributed by atoms with E-state index in [9.17, 15) is 0 Å². The molecule has 4 heteroatoms. The second-order valence-electron chi connectivity index (χ2n) is 0. The van der Waals surface area contributed by atoms with Crippen molar-refractivity contribution in [2.24, 2.45) is 0 Å². The van der Waals surface area contributed by atoms with Crippen LogP contribution in [0.25, 0.3) is 0 Å². The Kier molecular flexibility index (Phi) is 94.0. The van der Waals surface area contributed by atoms with Crippen molar-refractivity contribution in [3.63, 3.8) is 0 Å². The van der Waals surface area contributed by atoms with Crippen LogP contribution in [0.5, 0.6) is 0 Å². The molecule has 0 aromatic rings. The molecule has 0 aromatic heterocycles. The second kappa shape index (κ2) is 15.7. The quantitative estimate of drug-likeness (QED) is 0.371.